The van der Waals surface area contributed by atoms with Crippen LogP contribution < -0.4 is 15.0 Å². The number of nitrogens with one attached hydrogen (secondary N) is 1. The zero-order chi connectivity index (χ0) is 24.3. The van der Waals surface area contributed by atoms with Crippen LogP contribution in [0.1, 0.15) is 11.3 Å². The lowest BCUT2D eigenvalue weighted by molar-refractivity contribution is -0.137. The molecule has 1 fully saturated rings. The minimum Gasteiger partial charge on any atom is -0.497 e. The van der Waals surface area contributed by atoms with E-state index in [1.807, 2.05) is 17.9 Å². The van der Waals surface area contributed by atoms with Gasteiger partial charge in [0.1, 0.15) is 11.6 Å². The molecule has 3 aromatic rings. The monoisotopic (exact) mass is 471 g/mol. The first-order valence-electron chi connectivity index (χ1n) is 10.7. The van der Waals surface area contributed by atoms with Crippen molar-refractivity contribution in [2.45, 2.75) is 13.1 Å². The fourth-order valence-electron chi connectivity index (χ4n) is 3.67. The highest BCUT2D eigenvalue weighted by molar-refractivity contribution is 5.89. The summed E-state index contributed by atoms with van der Waals surface area (Å²) in [6.45, 7) is 3.95. The Labute approximate surface area is 195 Å². The number of piperazine rings is 1. The van der Waals surface area contributed by atoms with Gasteiger partial charge in [-0.05, 0) is 43.3 Å². The van der Waals surface area contributed by atoms with E-state index in [1.54, 1.807) is 36.3 Å². The number of aryl methyl sites for hydroxylation is 1. The number of hydrogen-bond donors (Lipinski definition) is 1. The van der Waals surface area contributed by atoms with E-state index in [0.29, 0.717) is 60.5 Å². The number of halogens is 3. The summed E-state index contributed by atoms with van der Waals surface area (Å²) in [5.74, 6) is 1.75. The van der Waals surface area contributed by atoms with Crippen molar-refractivity contribution in [1.82, 2.24) is 14.9 Å². The van der Waals surface area contributed by atoms with Crippen LogP contribution in [0.3, 0.4) is 0 Å². The van der Waals surface area contributed by atoms with Gasteiger partial charge >= 0.3 is 12.2 Å². The Hall–Kier alpha value is -3.82. The maximum absolute atomic E-state index is 12.9. The highest BCUT2D eigenvalue weighted by Crippen LogP contribution is 2.31. The summed E-state index contributed by atoms with van der Waals surface area (Å²) in [7, 11) is 1.58. The first kappa shape index (κ1) is 23.3. The molecule has 4 rings (SSSR count). The van der Waals surface area contributed by atoms with E-state index in [9.17, 15) is 18.0 Å². The fourth-order valence-corrected chi connectivity index (χ4v) is 3.67. The van der Waals surface area contributed by atoms with Crippen LogP contribution in [0.2, 0.25) is 0 Å². The molecule has 7 nitrogen and oxygen atoms in total. The van der Waals surface area contributed by atoms with Crippen LogP contribution in [0.5, 0.6) is 5.75 Å². The quantitative estimate of drug-likeness (QED) is 0.590. The predicted octanol–water partition coefficient (Wildman–Crippen LogP) is 4.83. The number of amides is 2. The Bertz CT molecular complexity index is 1140. The number of rotatable bonds is 4. The maximum atomic E-state index is 12.9. The summed E-state index contributed by atoms with van der Waals surface area (Å²) in [5, 5.41) is 2.88. The van der Waals surface area contributed by atoms with Crippen LogP contribution in [-0.4, -0.2) is 54.2 Å². The zero-order valence-electron chi connectivity index (χ0n) is 18.8. The molecule has 0 unspecified atom stereocenters. The number of carbonyl (C=O) groups excluding carboxylic acids is 1. The Morgan fingerprint density at radius 2 is 1.62 bits per heavy atom. The molecule has 10 heteroatoms. The fraction of sp³-hybridized carbons (Fsp3) is 0.292. The summed E-state index contributed by atoms with van der Waals surface area (Å²) in [4.78, 5) is 25.4. The number of aromatic nitrogens is 2. The van der Waals surface area contributed by atoms with Gasteiger partial charge in [-0.2, -0.15) is 13.2 Å². The molecule has 178 valence electrons. The largest absolute Gasteiger partial charge is 0.497 e. The van der Waals surface area contributed by atoms with E-state index in [0.717, 1.165) is 12.1 Å². The van der Waals surface area contributed by atoms with Gasteiger partial charge in [0.15, 0.2) is 5.82 Å². The van der Waals surface area contributed by atoms with E-state index in [-0.39, 0.29) is 6.03 Å². The number of nitrogens with zero attached hydrogens (tertiary/aromatic N) is 4. The topological polar surface area (TPSA) is 70.6 Å². The van der Waals surface area contributed by atoms with Crippen molar-refractivity contribution in [2.24, 2.45) is 0 Å². The normalized spacial score (nSPS) is 14.1. The SMILES string of the molecule is COc1ccc(NC(=O)N2CCN(c3cc(C)nc(-c4ccc(C(F)(F)F)cc4)n3)CC2)cc1. The van der Waals surface area contributed by atoms with Gasteiger partial charge < -0.3 is 19.9 Å². The highest BCUT2D eigenvalue weighted by atomic mass is 19.4. The van der Waals surface area contributed by atoms with Crippen LogP contribution >= 0.6 is 0 Å². The lowest BCUT2D eigenvalue weighted by atomic mass is 10.1. The lowest BCUT2D eigenvalue weighted by Crippen LogP contribution is -2.50. The summed E-state index contributed by atoms with van der Waals surface area (Å²) >= 11 is 0. The second-order valence-corrected chi connectivity index (χ2v) is 7.90. The molecule has 1 N–H and O–H groups in total. The van der Waals surface area contributed by atoms with Crippen LogP contribution in [0.15, 0.2) is 54.6 Å². The molecule has 0 bridgehead atoms. The third-order valence-electron chi connectivity index (χ3n) is 5.54. The van der Waals surface area contributed by atoms with Crippen molar-refractivity contribution < 1.29 is 22.7 Å². The predicted molar refractivity (Wildman–Crippen MR) is 123 cm³/mol. The lowest BCUT2D eigenvalue weighted by Gasteiger charge is -2.35. The first-order chi connectivity index (χ1) is 16.2. The summed E-state index contributed by atoms with van der Waals surface area (Å²) in [6.07, 6.45) is -4.39. The molecule has 2 amide bonds. The summed E-state index contributed by atoms with van der Waals surface area (Å²) < 4.78 is 43.7. The molecule has 34 heavy (non-hydrogen) atoms. The first-order valence-corrected chi connectivity index (χ1v) is 10.7. The van der Waals surface area contributed by atoms with E-state index < -0.39 is 11.7 Å². The van der Waals surface area contributed by atoms with Crippen molar-refractivity contribution >= 4 is 17.5 Å². The summed E-state index contributed by atoms with van der Waals surface area (Å²) in [6, 6.07) is 13.6. The molecule has 1 aliphatic heterocycles. The third-order valence-corrected chi connectivity index (χ3v) is 5.54. The number of carbonyl (C=O) groups is 1. The molecule has 2 heterocycles. The molecule has 1 aromatic heterocycles. The minimum atomic E-state index is -4.39. The van der Waals surface area contributed by atoms with E-state index >= 15 is 0 Å². The van der Waals surface area contributed by atoms with Crippen molar-refractivity contribution in [2.75, 3.05) is 43.5 Å². The second kappa shape index (κ2) is 9.58. The Morgan fingerprint density at radius 1 is 0.971 bits per heavy atom. The third kappa shape index (κ3) is 5.38. The number of alkyl halides is 3. The van der Waals surface area contributed by atoms with Gasteiger partial charge in [0.05, 0.1) is 12.7 Å². The average Bonchev–Trinajstić information content (AvgIpc) is 2.84. The van der Waals surface area contributed by atoms with E-state index in [2.05, 4.69) is 15.3 Å². The molecule has 0 radical (unpaired) electrons. The van der Waals surface area contributed by atoms with Gasteiger partial charge in [0, 0.05) is 49.2 Å². The van der Waals surface area contributed by atoms with Crippen LogP contribution in [0.25, 0.3) is 11.4 Å². The zero-order valence-corrected chi connectivity index (χ0v) is 18.8. The summed E-state index contributed by atoms with van der Waals surface area (Å²) in [5.41, 5.74) is 1.18. The molecule has 2 aromatic carbocycles. The number of benzene rings is 2. The number of urea groups is 1. The number of methoxy groups -OCH3 is 1. The molecule has 1 saturated heterocycles. The minimum absolute atomic E-state index is 0.186. The second-order valence-electron chi connectivity index (χ2n) is 7.90. The Morgan fingerprint density at radius 3 is 2.21 bits per heavy atom. The Kier molecular flexibility index (Phi) is 6.58. The van der Waals surface area contributed by atoms with Gasteiger partial charge in [-0.1, -0.05) is 12.1 Å². The molecule has 0 atom stereocenters. The highest BCUT2D eigenvalue weighted by Gasteiger charge is 2.30. The van der Waals surface area contributed by atoms with Gasteiger partial charge in [0.25, 0.3) is 0 Å². The standard InChI is InChI=1S/C24H24F3N5O2/c1-16-15-21(30-22(28-16)17-3-5-18(6-4-17)24(25,26)27)31-11-13-32(14-12-31)23(33)29-19-7-9-20(34-2)10-8-19/h3-10,15H,11-14H2,1-2H3,(H,29,33). The number of anilines is 2. The molecule has 0 aliphatic carbocycles. The smallest absolute Gasteiger partial charge is 0.416 e. The molecule has 0 saturated carbocycles. The van der Waals surface area contributed by atoms with Crippen molar-refractivity contribution in [3.05, 3.63) is 65.9 Å². The number of hydrogen-bond acceptors (Lipinski definition) is 5. The maximum Gasteiger partial charge on any atom is 0.416 e. The average molecular weight is 471 g/mol. The van der Waals surface area contributed by atoms with Crippen molar-refractivity contribution in [3.63, 3.8) is 0 Å². The molecule has 0 spiro atoms. The van der Waals surface area contributed by atoms with Gasteiger partial charge in [0.2, 0.25) is 0 Å². The van der Waals surface area contributed by atoms with Gasteiger partial charge in [-0.25, -0.2) is 14.8 Å². The Balaban J connectivity index is 1.41. The molecule has 1 aliphatic rings. The van der Waals surface area contributed by atoms with Crippen molar-refractivity contribution in [3.8, 4) is 17.1 Å². The molecular weight excluding hydrogens is 447 g/mol. The van der Waals surface area contributed by atoms with Crippen LogP contribution in [-0.2, 0) is 6.18 Å². The van der Waals surface area contributed by atoms with Crippen LogP contribution in [0, 0.1) is 6.92 Å². The van der Waals surface area contributed by atoms with E-state index in [1.165, 1.54) is 12.1 Å². The van der Waals surface area contributed by atoms with Crippen LogP contribution in [0.4, 0.5) is 29.5 Å². The van der Waals surface area contributed by atoms with Crippen molar-refractivity contribution in [1.29, 1.82) is 0 Å². The van der Waals surface area contributed by atoms with Gasteiger partial charge in [-0.15, -0.1) is 0 Å². The molecular formula is C24H24F3N5O2. The van der Waals surface area contributed by atoms with Gasteiger partial charge in [-0.3, -0.25) is 0 Å². The van der Waals surface area contributed by atoms with E-state index in [4.69, 9.17) is 4.74 Å². The number of ether oxygens (including phenoxy) is 1.